The SMILES string of the molecule is CCCC/C(=N\O)c1cc(OC)ccc1O. The molecule has 0 aliphatic rings. The first kappa shape index (κ1) is 12.4. The smallest absolute Gasteiger partial charge is 0.125 e. The molecule has 16 heavy (non-hydrogen) atoms. The maximum atomic E-state index is 9.68. The highest BCUT2D eigenvalue weighted by molar-refractivity contribution is 6.02. The van der Waals surface area contributed by atoms with Crippen LogP contribution in [0.3, 0.4) is 0 Å². The van der Waals surface area contributed by atoms with Crippen molar-refractivity contribution in [2.24, 2.45) is 5.16 Å². The Labute approximate surface area is 95.2 Å². The molecule has 4 heteroatoms. The Hall–Kier alpha value is -1.71. The third kappa shape index (κ3) is 2.89. The number of phenolic OH excluding ortho intramolecular Hbond substituents is 1. The van der Waals surface area contributed by atoms with Gasteiger partial charge in [-0.25, -0.2) is 0 Å². The second-order valence-corrected chi connectivity index (χ2v) is 3.53. The van der Waals surface area contributed by atoms with Gasteiger partial charge in [0.1, 0.15) is 11.5 Å². The van der Waals surface area contributed by atoms with Gasteiger partial charge >= 0.3 is 0 Å². The van der Waals surface area contributed by atoms with Crippen molar-refractivity contribution in [1.82, 2.24) is 0 Å². The van der Waals surface area contributed by atoms with Crippen LogP contribution >= 0.6 is 0 Å². The van der Waals surface area contributed by atoms with Crippen molar-refractivity contribution in [2.45, 2.75) is 26.2 Å². The lowest BCUT2D eigenvalue weighted by Gasteiger charge is -2.08. The fourth-order valence-corrected chi connectivity index (χ4v) is 1.46. The van der Waals surface area contributed by atoms with Gasteiger partial charge in [0.25, 0.3) is 0 Å². The molecule has 2 N–H and O–H groups in total. The Kier molecular flexibility index (Phi) is 4.64. The summed E-state index contributed by atoms with van der Waals surface area (Å²) in [5, 5.41) is 21.8. The molecule has 0 heterocycles. The lowest BCUT2D eigenvalue weighted by atomic mass is 10.0. The molecule has 4 nitrogen and oxygen atoms in total. The van der Waals surface area contributed by atoms with Gasteiger partial charge in [0, 0.05) is 5.56 Å². The average molecular weight is 223 g/mol. The van der Waals surface area contributed by atoms with Crippen LogP contribution in [0, 0.1) is 0 Å². The molecule has 0 aliphatic carbocycles. The Morgan fingerprint density at radius 2 is 2.19 bits per heavy atom. The maximum absolute atomic E-state index is 9.68. The van der Waals surface area contributed by atoms with Crippen molar-refractivity contribution in [3.63, 3.8) is 0 Å². The highest BCUT2D eigenvalue weighted by Crippen LogP contribution is 2.25. The Balaban J connectivity index is 2.99. The van der Waals surface area contributed by atoms with Gasteiger partial charge in [-0.05, 0) is 31.0 Å². The van der Waals surface area contributed by atoms with E-state index in [2.05, 4.69) is 12.1 Å². The van der Waals surface area contributed by atoms with Gasteiger partial charge < -0.3 is 15.1 Å². The van der Waals surface area contributed by atoms with E-state index in [1.807, 2.05) is 0 Å². The number of hydrogen-bond acceptors (Lipinski definition) is 4. The minimum absolute atomic E-state index is 0.102. The van der Waals surface area contributed by atoms with Crippen LogP contribution in [0.5, 0.6) is 11.5 Å². The fourth-order valence-electron chi connectivity index (χ4n) is 1.46. The molecule has 0 unspecified atom stereocenters. The van der Waals surface area contributed by atoms with E-state index in [0.29, 0.717) is 23.4 Å². The molecule has 1 rings (SSSR count). The van der Waals surface area contributed by atoms with Crippen LogP contribution < -0.4 is 4.74 Å². The van der Waals surface area contributed by atoms with Crippen LogP contribution in [0.25, 0.3) is 0 Å². The summed E-state index contributed by atoms with van der Waals surface area (Å²) in [4.78, 5) is 0. The van der Waals surface area contributed by atoms with Crippen molar-refractivity contribution in [1.29, 1.82) is 0 Å². The van der Waals surface area contributed by atoms with E-state index >= 15 is 0 Å². The second kappa shape index (κ2) is 6.00. The number of phenols is 1. The van der Waals surface area contributed by atoms with E-state index in [1.165, 1.54) is 6.07 Å². The van der Waals surface area contributed by atoms with Gasteiger partial charge in [-0.2, -0.15) is 0 Å². The van der Waals surface area contributed by atoms with Crippen molar-refractivity contribution in [3.05, 3.63) is 23.8 Å². The molecule has 0 aliphatic heterocycles. The topological polar surface area (TPSA) is 62.1 Å². The van der Waals surface area contributed by atoms with Crippen LogP contribution in [0.2, 0.25) is 0 Å². The van der Waals surface area contributed by atoms with Crippen molar-refractivity contribution >= 4 is 5.71 Å². The number of methoxy groups -OCH3 is 1. The summed E-state index contributed by atoms with van der Waals surface area (Å²) in [6.45, 7) is 2.06. The summed E-state index contributed by atoms with van der Waals surface area (Å²) in [7, 11) is 1.55. The van der Waals surface area contributed by atoms with Gasteiger partial charge in [0.15, 0.2) is 0 Å². The molecule has 1 aromatic rings. The number of oxime groups is 1. The predicted molar refractivity (Wildman–Crippen MR) is 62.5 cm³/mol. The highest BCUT2D eigenvalue weighted by atomic mass is 16.5. The molecule has 0 radical (unpaired) electrons. The zero-order valence-electron chi connectivity index (χ0n) is 9.60. The van der Waals surface area contributed by atoms with Crippen LogP contribution in [0.1, 0.15) is 31.7 Å². The quantitative estimate of drug-likeness (QED) is 0.458. The molecule has 0 saturated heterocycles. The Bertz CT molecular complexity index is 375. The number of ether oxygens (including phenoxy) is 1. The largest absolute Gasteiger partial charge is 0.507 e. The summed E-state index contributed by atoms with van der Waals surface area (Å²) in [6, 6.07) is 4.86. The third-order valence-corrected chi connectivity index (χ3v) is 2.40. The summed E-state index contributed by atoms with van der Waals surface area (Å²) >= 11 is 0. The number of unbranched alkanes of at least 4 members (excludes halogenated alkanes) is 1. The van der Waals surface area contributed by atoms with Gasteiger partial charge in [-0.3, -0.25) is 0 Å². The van der Waals surface area contributed by atoms with E-state index in [4.69, 9.17) is 9.94 Å². The Morgan fingerprint density at radius 3 is 2.75 bits per heavy atom. The highest BCUT2D eigenvalue weighted by Gasteiger charge is 2.10. The zero-order valence-corrected chi connectivity index (χ0v) is 9.60. The molecule has 0 atom stereocenters. The lowest BCUT2D eigenvalue weighted by molar-refractivity contribution is 0.317. The van der Waals surface area contributed by atoms with E-state index < -0.39 is 0 Å². The number of hydrogen-bond donors (Lipinski definition) is 2. The molecule has 0 aromatic heterocycles. The first-order valence-corrected chi connectivity index (χ1v) is 5.31. The van der Waals surface area contributed by atoms with E-state index in [1.54, 1.807) is 19.2 Å². The normalized spacial score (nSPS) is 11.5. The zero-order chi connectivity index (χ0) is 12.0. The van der Waals surface area contributed by atoms with Crippen LogP contribution in [0.4, 0.5) is 0 Å². The molecule has 0 bridgehead atoms. The van der Waals surface area contributed by atoms with E-state index in [9.17, 15) is 5.11 Å². The van der Waals surface area contributed by atoms with Crippen molar-refractivity contribution < 1.29 is 15.1 Å². The van der Waals surface area contributed by atoms with Gasteiger partial charge in [0.2, 0.25) is 0 Å². The summed E-state index contributed by atoms with van der Waals surface area (Å²) < 4.78 is 5.06. The minimum Gasteiger partial charge on any atom is -0.507 e. The summed E-state index contributed by atoms with van der Waals surface area (Å²) in [5.41, 5.74) is 1.01. The standard InChI is InChI=1S/C12H17NO3/c1-3-4-5-11(13-15)10-8-9(16-2)6-7-12(10)14/h6-8,14-15H,3-5H2,1-2H3/b13-11+. The Morgan fingerprint density at radius 1 is 1.44 bits per heavy atom. The van der Waals surface area contributed by atoms with Crippen molar-refractivity contribution in [2.75, 3.05) is 7.11 Å². The monoisotopic (exact) mass is 223 g/mol. The van der Waals surface area contributed by atoms with E-state index in [0.717, 1.165) is 12.8 Å². The first-order chi connectivity index (χ1) is 7.72. The maximum Gasteiger partial charge on any atom is 0.125 e. The molecule has 0 amide bonds. The van der Waals surface area contributed by atoms with Crippen LogP contribution in [-0.4, -0.2) is 23.1 Å². The van der Waals surface area contributed by atoms with Crippen molar-refractivity contribution in [3.8, 4) is 11.5 Å². The number of aromatic hydroxyl groups is 1. The summed E-state index contributed by atoms with van der Waals surface area (Å²) in [5.74, 6) is 0.732. The van der Waals surface area contributed by atoms with Crippen LogP contribution in [0.15, 0.2) is 23.4 Å². The fraction of sp³-hybridized carbons (Fsp3) is 0.417. The third-order valence-electron chi connectivity index (χ3n) is 2.40. The lowest BCUT2D eigenvalue weighted by Crippen LogP contribution is -2.02. The molecule has 1 aromatic carbocycles. The molecule has 0 fully saturated rings. The summed E-state index contributed by atoms with van der Waals surface area (Å²) in [6.07, 6.45) is 2.55. The first-order valence-electron chi connectivity index (χ1n) is 5.31. The van der Waals surface area contributed by atoms with Crippen LogP contribution in [-0.2, 0) is 0 Å². The van der Waals surface area contributed by atoms with Gasteiger partial charge in [0.05, 0.1) is 12.8 Å². The minimum atomic E-state index is 0.102. The number of nitrogens with zero attached hydrogens (tertiary/aromatic N) is 1. The second-order valence-electron chi connectivity index (χ2n) is 3.53. The number of rotatable bonds is 5. The molecule has 88 valence electrons. The number of benzene rings is 1. The predicted octanol–water partition coefficient (Wildman–Crippen LogP) is 2.77. The molecular formula is C12H17NO3. The molecule has 0 saturated carbocycles. The molecule has 0 spiro atoms. The molecular weight excluding hydrogens is 206 g/mol. The van der Waals surface area contributed by atoms with Gasteiger partial charge in [-0.1, -0.05) is 18.5 Å². The van der Waals surface area contributed by atoms with E-state index in [-0.39, 0.29) is 5.75 Å². The average Bonchev–Trinajstić information content (AvgIpc) is 2.32. The van der Waals surface area contributed by atoms with Gasteiger partial charge in [-0.15, -0.1) is 0 Å².